The lowest BCUT2D eigenvalue weighted by Gasteiger charge is -2.31. The van der Waals surface area contributed by atoms with E-state index in [4.69, 9.17) is 11.6 Å². The third-order valence-corrected chi connectivity index (χ3v) is 6.01. The minimum atomic E-state index is -0.330. The SMILES string of the molecule is CC1CCCN(Cc2ccccc2CNc2cnn(-c3ccccc3)c(=O)c2Cl)C1. The molecule has 1 aliphatic rings. The van der Waals surface area contributed by atoms with Gasteiger partial charge in [0, 0.05) is 19.6 Å². The highest BCUT2D eigenvalue weighted by atomic mass is 35.5. The zero-order chi connectivity index (χ0) is 20.9. The summed E-state index contributed by atoms with van der Waals surface area (Å²) in [6.45, 7) is 6.17. The van der Waals surface area contributed by atoms with Gasteiger partial charge in [0.25, 0.3) is 5.56 Å². The molecular weight excluding hydrogens is 396 g/mol. The summed E-state index contributed by atoms with van der Waals surface area (Å²) in [6.07, 6.45) is 4.20. The maximum Gasteiger partial charge on any atom is 0.292 e. The average Bonchev–Trinajstić information content (AvgIpc) is 2.76. The van der Waals surface area contributed by atoms with E-state index in [9.17, 15) is 4.79 Å². The second-order valence-electron chi connectivity index (χ2n) is 8.03. The topological polar surface area (TPSA) is 50.2 Å². The summed E-state index contributed by atoms with van der Waals surface area (Å²) >= 11 is 6.38. The first-order chi connectivity index (χ1) is 14.6. The van der Waals surface area contributed by atoms with Gasteiger partial charge in [-0.3, -0.25) is 9.69 Å². The van der Waals surface area contributed by atoms with Gasteiger partial charge < -0.3 is 5.32 Å². The summed E-state index contributed by atoms with van der Waals surface area (Å²) < 4.78 is 1.32. The zero-order valence-electron chi connectivity index (χ0n) is 17.2. The van der Waals surface area contributed by atoms with E-state index in [1.165, 1.54) is 28.7 Å². The number of likely N-dealkylation sites (tertiary alicyclic amines) is 1. The zero-order valence-corrected chi connectivity index (χ0v) is 18.0. The van der Waals surface area contributed by atoms with Crippen molar-refractivity contribution in [2.75, 3.05) is 18.4 Å². The Kier molecular flexibility index (Phi) is 6.50. The lowest BCUT2D eigenvalue weighted by Crippen LogP contribution is -2.34. The van der Waals surface area contributed by atoms with Gasteiger partial charge in [0.15, 0.2) is 0 Å². The molecule has 1 fully saturated rings. The van der Waals surface area contributed by atoms with Crippen molar-refractivity contribution >= 4 is 17.3 Å². The third-order valence-electron chi connectivity index (χ3n) is 5.64. The van der Waals surface area contributed by atoms with E-state index < -0.39 is 0 Å². The molecule has 0 saturated carbocycles. The number of aromatic nitrogens is 2. The number of nitrogens with zero attached hydrogens (tertiary/aromatic N) is 3. The fourth-order valence-corrected chi connectivity index (χ4v) is 4.25. The number of benzene rings is 2. The minimum Gasteiger partial charge on any atom is -0.378 e. The van der Waals surface area contributed by atoms with Crippen molar-refractivity contribution in [2.45, 2.75) is 32.9 Å². The van der Waals surface area contributed by atoms with Crippen LogP contribution in [0, 0.1) is 5.92 Å². The van der Waals surface area contributed by atoms with Gasteiger partial charge >= 0.3 is 0 Å². The summed E-state index contributed by atoms with van der Waals surface area (Å²) in [5, 5.41) is 7.75. The molecule has 5 nitrogen and oxygen atoms in total. The molecule has 2 aromatic carbocycles. The van der Waals surface area contributed by atoms with Gasteiger partial charge in [-0.15, -0.1) is 0 Å². The average molecular weight is 423 g/mol. The van der Waals surface area contributed by atoms with Crippen molar-refractivity contribution in [2.24, 2.45) is 5.92 Å². The number of anilines is 1. The van der Waals surface area contributed by atoms with E-state index in [1.54, 1.807) is 6.20 Å². The smallest absolute Gasteiger partial charge is 0.292 e. The van der Waals surface area contributed by atoms with Gasteiger partial charge in [-0.2, -0.15) is 9.78 Å². The first kappa shape index (κ1) is 20.6. The predicted molar refractivity (Wildman–Crippen MR) is 122 cm³/mol. The maximum atomic E-state index is 12.7. The molecule has 1 N–H and O–H groups in total. The minimum absolute atomic E-state index is 0.149. The molecule has 0 bridgehead atoms. The van der Waals surface area contributed by atoms with Gasteiger partial charge in [-0.1, -0.05) is 61.0 Å². The fraction of sp³-hybridized carbons (Fsp3) is 0.333. The van der Waals surface area contributed by atoms with Crippen LogP contribution in [0.5, 0.6) is 0 Å². The molecule has 0 aliphatic carbocycles. The Labute approximate surface area is 182 Å². The highest BCUT2D eigenvalue weighted by molar-refractivity contribution is 6.32. The van der Waals surface area contributed by atoms with E-state index in [2.05, 4.69) is 40.4 Å². The number of piperidine rings is 1. The Hall–Kier alpha value is -2.63. The fourth-order valence-electron chi connectivity index (χ4n) is 4.05. The highest BCUT2D eigenvalue weighted by Gasteiger charge is 2.17. The van der Waals surface area contributed by atoms with Crippen molar-refractivity contribution in [3.8, 4) is 5.69 Å². The second kappa shape index (κ2) is 9.45. The van der Waals surface area contributed by atoms with Gasteiger partial charge in [0.1, 0.15) is 5.02 Å². The van der Waals surface area contributed by atoms with Crippen LogP contribution in [0.25, 0.3) is 5.69 Å². The molecular formula is C24H27ClN4O. The quantitative estimate of drug-likeness (QED) is 0.623. The Bertz CT molecular complexity index is 1050. The van der Waals surface area contributed by atoms with Crippen molar-refractivity contribution in [3.05, 3.63) is 87.3 Å². The maximum absolute atomic E-state index is 12.7. The molecule has 0 radical (unpaired) electrons. The molecule has 1 aliphatic heterocycles. The molecule has 3 aromatic rings. The molecule has 6 heteroatoms. The van der Waals surface area contributed by atoms with E-state index in [0.717, 1.165) is 25.6 Å². The van der Waals surface area contributed by atoms with Crippen LogP contribution in [0.2, 0.25) is 5.02 Å². The van der Waals surface area contributed by atoms with Crippen LogP contribution in [0.4, 0.5) is 5.69 Å². The van der Waals surface area contributed by atoms with Gasteiger partial charge in [0.05, 0.1) is 17.6 Å². The van der Waals surface area contributed by atoms with E-state index in [0.29, 0.717) is 17.9 Å². The molecule has 0 spiro atoms. The summed E-state index contributed by atoms with van der Waals surface area (Å²) in [7, 11) is 0. The van der Waals surface area contributed by atoms with Crippen molar-refractivity contribution < 1.29 is 0 Å². The van der Waals surface area contributed by atoms with Crippen LogP contribution in [0.1, 0.15) is 30.9 Å². The Morgan fingerprint density at radius 1 is 1.10 bits per heavy atom. The lowest BCUT2D eigenvalue weighted by atomic mass is 9.99. The summed E-state index contributed by atoms with van der Waals surface area (Å²) in [5.74, 6) is 0.755. The van der Waals surface area contributed by atoms with Crippen LogP contribution in [-0.4, -0.2) is 27.8 Å². The predicted octanol–water partition coefficient (Wildman–Crippen LogP) is 4.73. The first-order valence-electron chi connectivity index (χ1n) is 10.5. The van der Waals surface area contributed by atoms with E-state index >= 15 is 0 Å². The van der Waals surface area contributed by atoms with Gasteiger partial charge in [0.2, 0.25) is 0 Å². The number of rotatable bonds is 6. The molecule has 2 heterocycles. The summed E-state index contributed by atoms with van der Waals surface area (Å²) in [5.41, 5.74) is 3.43. The van der Waals surface area contributed by atoms with Crippen molar-refractivity contribution in [3.63, 3.8) is 0 Å². The number of nitrogens with one attached hydrogen (secondary N) is 1. The molecule has 4 rings (SSSR count). The van der Waals surface area contributed by atoms with Crippen LogP contribution in [0.15, 0.2) is 65.6 Å². The van der Waals surface area contributed by atoms with Crippen LogP contribution in [0.3, 0.4) is 0 Å². The molecule has 1 saturated heterocycles. The first-order valence-corrected chi connectivity index (χ1v) is 10.9. The molecule has 1 atom stereocenters. The lowest BCUT2D eigenvalue weighted by molar-refractivity contribution is 0.176. The molecule has 1 aromatic heterocycles. The Balaban J connectivity index is 1.49. The number of halogens is 1. The summed E-state index contributed by atoms with van der Waals surface area (Å²) in [4.78, 5) is 15.2. The largest absolute Gasteiger partial charge is 0.378 e. The highest BCUT2D eigenvalue weighted by Crippen LogP contribution is 2.22. The molecule has 0 amide bonds. The number of hydrogen-bond donors (Lipinski definition) is 1. The molecule has 156 valence electrons. The number of hydrogen-bond acceptors (Lipinski definition) is 4. The summed E-state index contributed by atoms with van der Waals surface area (Å²) in [6, 6.07) is 17.7. The standard InChI is InChI=1S/C24H27ClN4O/c1-18-8-7-13-28(16-18)17-20-10-6-5-9-19(20)14-26-22-15-27-29(24(30)23(22)25)21-11-3-2-4-12-21/h2-6,9-12,15,18,26H,7-8,13-14,16-17H2,1H3. The van der Waals surface area contributed by atoms with Gasteiger partial charge in [-0.05, 0) is 48.6 Å². The third kappa shape index (κ3) is 4.74. The number of para-hydroxylation sites is 1. The van der Waals surface area contributed by atoms with Crippen molar-refractivity contribution in [1.82, 2.24) is 14.7 Å². The van der Waals surface area contributed by atoms with Crippen LogP contribution >= 0.6 is 11.6 Å². The van der Waals surface area contributed by atoms with E-state index in [-0.39, 0.29) is 10.6 Å². The Morgan fingerprint density at radius 2 is 1.83 bits per heavy atom. The van der Waals surface area contributed by atoms with Crippen LogP contribution < -0.4 is 10.9 Å². The van der Waals surface area contributed by atoms with Crippen LogP contribution in [-0.2, 0) is 13.1 Å². The Morgan fingerprint density at radius 3 is 2.60 bits per heavy atom. The van der Waals surface area contributed by atoms with E-state index in [1.807, 2.05) is 36.4 Å². The van der Waals surface area contributed by atoms with Gasteiger partial charge in [-0.25, -0.2) is 0 Å². The monoisotopic (exact) mass is 422 g/mol. The normalized spacial score (nSPS) is 17.1. The second-order valence-corrected chi connectivity index (χ2v) is 8.41. The molecule has 30 heavy (non-hydrogen) atoms. The molecule has 1 unspecified atom stereocenters. The van der Waals surface area contributed by atoms with Crippen molar-refractivity contribution in [1.29, 1.82) is 0 Å².